The highest BCUT2D eigenvalue weighted by atomic mass is 32.2. The summed E-state index contributed by atoms with van der Waals surface area (Å²) >= 11 is 0. The predicted octanol–water partition coefficient (Wildman–Crippen LogP) is 2.15. The van der Waals surface area contributed by atoms with Crippen LogP contribution in [0.25, 0.3) is 0 Å². The lowest BCUT2D eigenvalue weighted by molar-refractivity contribution is -0.147. The number of hydrogen-bond acceptors (Lipinski definition) is 4. The van der Waals surface area contributed by atoms with Crippen LogP contribution in [0.3, 0.4) is 0 Å². The van der Waals surface area contributed by atoms with Crippen LogP contribution in [0, 0.1) is 5.41 Å². The van der Waals surface area contributed by atoms with Crippen molar-refractivity contribution in [3.8, 4) is 0 Å². The molecule has 2 unspecified atom stereocenters. The Kier molecular flexibility index (Phi) is 3.77. The van der Waals surface area contributed by atoms with E-state index < -0.39 is 21.2 Å². The number of carbonyl (C=O) groups is 1. The molecule has 2 rings (SSSR count). The highest BCUT2D eigenvalue weighted by Crippen LogP contribution is 2.39. The maximum atomic E-state index is 11.4. The lowest BCUT2D eigenvalue weighted by atomic mass is 9.85. The lowest BCUT2D eigenvalue weighted by Crippen LogP contribution is -2.40. The molecule has 1 aromatic rings. The number of rotatable bonds is 4. The zero-order valence-corrected chi connectivity index (χ0v) is 12.4. The zero-order chi connectivity index (χ0) is 15.0. The summed E-state index contributed by atoms with van der Waals surface area (Å²) < 4.78 is 22.8. The summed E-state index contributed by atoms with van der Waals surface area (Å²) in [7, 11) is -3.21. The molecule has 0 aromatic heterocycles. The van der Waals surface area contributed by atoms with Gasteiger partial charge in [-0.2, -0.15) is 0 Å². The molecule has 0 heterocycles. The van der Waals surface area contributed by atoms with Crippen LogP contribution in [0.5, 0.6) is 0 Å². The number of aliphatic carboxylic acids is 1. The van der Waals surface area contributed by atoms with Gasteiger partial charge in [0.05, 0.1) is 10.3 Å². The molecule has 6 heteroatoms. The molecule has 2 N–H and O–H groups in total. The minimum atomic E-state index is -3.21. The molecule has 1 aliphatic carbocycles. The van der Waals surface area contributed by atoms with Gasteiger partial charge in [0.25, 0.3) is 0 Å². The van der Waals surface area contributed by atoms with Gasteiger partial charge in [-0.05, 0) is 44.0 Å². The van der Waals surface area contributed by atoms with Crippen molar-refractivity contribution in [1.29, 1.82) is 0 Å². The zero-order valence-electron chi connectivity index (χ0n) is 11.6. The molecule has 1 fully saturated rings. The summed E-state index contributed by atoms with van der Waals surface area (Å²) in [5.41, 5.74) is -0.0213. The van der Waals surface area contributed by atoms with E-state index in [9.17, 15) is 18.3 Å². The van der Waals surface area contributed by atoms with Crippen molar-refractivity contribution >= 4 is 21.5 Å². The molecule has 0 aliphatic heterocycles. The summed E-state index contributed by atoms with van der Waals surface area (Å²) in [6.07, 6.45) is 3.49. The van der Waals surface area contributed by atoms with Crippen molar-refractivity contribution in [2.24, 2.45) is 5.41 Å². The molecular weight excluding hydrogens is 278 g/mol. The molecule has 1 aromatic carbocycles. The highest BCUT2D eigenvalue weighted by Gasteiger charge is 2.45. The van der Waals surface area contributed by atoms with Gasteiger partial charge < -0.3 is 10.4 Å². The van der Waals surface area contributed by atoms with E-state index >= 15 is 0 Å². The fourth-order valence-corrected chi connectivity index (χ4v) is 3.28. The molecule has 110 valence electrons. The van der Waals surface area contributed by atoms with E-state index in [-0.39, 0.29) is 10.9 Å². The maximum absolute atomic E-state index is 11.4. The van der Waals surface area contributed by atoms with Crippen LogP contribution < -0.4 is 5.32 Å². The van der Waals surface area contributed by atoms with Gasteiger partial charge in [-0.1, -0.05) is 6.42 Å². The van der Waals surface area contributed by atoms with Crippen molar-refractivity contribution < 1.29 is 18.3 Å². The smallest absolute Gasteiger partial charge is 0.311 e. The molecule has 0 saturated heterocycles. The van der Waals surface area contributed by atoms with Gasteiger partial charge >= 0.3 is 5.97 Å². The average molecular weight is 297 g/mol. The van der Waals surface area contributed by atoms with E-state index in [1.165, 1.54) is 12.1 Å². The number of hydrogen-bond donors (Lipinski definition) is 2. The standard InChI is InChI=1S/C14H19NO4S/c1-14(13(16)17)9-3-4-12(14)15-10-5-7-11(8-6-10)20(2,18)19/h5-8,12,15H,3-4,9H2,1-2H3,(H,16,17). The number of anilines is 1. The largest absolute Gasteiger partial charge is 0.481 e. The molecule has 1 aliphatic rings. The van der Waals surface area contributed by atoms with E-state index in [0.29, 0.717) is 6.42 Å². The van der Waals surface area contributed by atoms with Crippen LogP contribution in [0.4, 0.5) is 5.69 Å². The number of sulfone groups is 1. The first-order valence-electron chi connectivity index (χ1n) is 6.53. The molecule has 2 atom stereocenters. The summed E-state index contributed by atoms with van der Waals surface area (Å²) in [5, 5.41) is 12.6. The van der Waals surface area contributed by atoms with Crippen LogP contribution >= 0.6 is 0 Å². The third-order valence-corrected chi connectivity index (χ3v) is 5.20. The first-order chi connectivity index (χ1) is 9.23. The first-order valence-corrected chi connectivity index (χ1v) is 8.43. The Labute approximate surface area is 118 Å². The second-order valence-electron chi connectivity index (χ2n) is 5.61. The second-order valence-corrected chi connectivity index (χ2v) is 7.62. The SMILES string of the molecule is CC1(C(=O)O)CCCC1Nc1ccc(S(C)(=O)=O)cc1. The third kappa shape index (κ3) is 2.80. The van der Waals surface area contributed by atoms with E-state index in [1.54, 1.807) is 19.1 Å². The van der Waals surface area contributed by atoms with Crippen LogP contribution in [-0.4, -0.2) is 31.8 Å². The van der Waals surface area contributed by atoms with E-state index in [0.717, 1.165) is 24.8 Å². The summed E-state index contributed by atoms with van der Waals surface area (Å²) in [5.74, 6) is -0.791. The van der Waals surface area contributed by atoms with Gasteiger partial charge in [-0.15, -0.1) is 0 Å². The lowest BCUT2D eigenvalue weighted by Gasteiger charge is -2.28. The number of benzene rings is 1. The second kappa shape index (κ2) is 5.09. The van der Waals surface area contributed by atoms with Gasteiger partial charge in [0, 0.05) is 18.0 Å². The Morgan fingerprint density at radius 3 is 2.45 bits per heavy atom. The monoisotopic (exact) mass is 297 g/mol. The summed E-state index contributed by atoms with van der Waals surface area (Å²) in [6.45, 7) is 1.75. The summed E-state index contributed by atoms with van der Waals surface area (Å²) in [6, 6.07) is 6.28. The van der Waals surface area contributed by atoms with Crippen LogP contribution in [-0.2, 0) is 14.6 Å². The molecular formula is C14H19NO4S. The van der Waals surface area contributed by atoms with Crippen molar-refractivity contribution in [3.05, 3.63) is 24.3 Å². The first kappa shape index (κ1) is 14.8. The Balaban J connectivity index is 2.17. The van der Waals surface area contributed by atoms with Crippen molar-refractivity contribution in [2.45, 2.75) is 37.1 Å². The van der Waals surface area contributed by atoms with E-state index in [2.05, 4.69) is 5.32 Å². The van der Waals surface area contributed by atoms with Gasteiger partial charge in [0.2, 0.25) is 0 Å². The molecule has 0 radical (unpaired) electrons. The molecule has 0 spiro atoms. The molecule has 5 nitrogen and oxygen atoms in total. The molecule has 0 bridgehead atoms. The average Bonchev–Trinajstić information content (AvgIpc) is 2.72. The molecule has 1 saturated carbocycles. The van der Waals surface area contributed by atoms with Gasteiger partial charge in [-0.3, -0.25) is 4.79 Å². The Morgan fingerprint density at radius 2 is 1.95 bits per heavy atom. The highest BCUT2D eigenvalue weighted by molar-refractivity contribution is 7.90. The molecule has 0 amide bonds. The maximum Gasteiger partial charge on any atom is 0.311 e. The Hall–Kier alpha value is -1.56. The normalized spacial score (nSPS) is 26.4. The van der Waals surface area contributed by atoms with Crippen molar-refractivity contribution in [2.75, 3.05) is 11.6 Å². The van der Waals surface area contributed by atoms with Crippen molar-refractivity contribution in [1.82, 2.24) is 0 Å². The fourth-order valence-electron chi connectivity index (χ4n) is 2.65. The Bertz CT molecular complexity index is 609. The minimum absolute atomic E-state index is 0.135. The fraction of sp³-hybridized carbons (Fsp3) is 0.500. The van der Waals surface area contributed by atoms with Crippen molar-refractivity contribution in [3.63, 3.8) is 0 Å². The topological polar surface area (TPSA) is 83.5 Å². The van der Waals surface area contributed by atoms with Gasteiger partial charge in [-0.25, -0.2) is 8.42 Å². The summed E-state index contributed by atoms with van der Waals surface area (Å²) in [4.78, 5) is 11.6. The van der Waals surface area contributed by atoms with Crippen LogP contribution in [0.15, 0.2) is 29.2 Å². The Morgan fingerprint density at radius 1 is 1.35 bits per heavy atom. The number of carboxylic acids is 1. The third-order valence-electron chi connectivity index (χ3n) is 4.07. The molecule has 20 heavy (non-hydrogen) atoms. The number of carboxylic acid groups (broad SMARTS) is 1. The van der Waals surface area contributed by atoms with E-state index in [1.807, 2.05) is 0 Å². The van der Waals surface area contributed by atoms with Crippen LogP contribution in [0.1, 0.15) is 26.2 Å². The van der Waals surface area contributed by atoms with Crippen LogP contribution in [0.2, 0.25) is 0 Å². The van der Waals surface area contributed by atoms with E-state index in [4.69, 9.17) is 0 Å². The van der Waals surface area contributed by atoms with Gasteiger partial charge in [0.15, 0.2) is 9.84 Å². The number of nitrogens with one attached hydrogen (secondary N) is 1. The predicted molar refractivity (Wildman–Crippen MR) is 76.6 cm³/mol. The minimum Gasteiger partial charge on any atom is -0.481 e. The quantitative estimate of drug-likeness (QED) is 0.889. The van der Waals surface area contributed by atoms with Gasteiger partial charge in [0.1, 0.15) is 0 Å².